The van der Waals surface area contributed by atoms with Gasteiger partial charge in [0.15, 0.2) is 5.92 Å². The second-order valence-corrected chi connectivity index (χ2v) is 6.09. The lowest BCUT2D eigenvalue weighted by atomic mass is 9.84. The van der Waals surface area contributed by atoms with Crippen LogP contribution < -0.4 is 0 Å². The molecular weight excluding hydrogens is 268 g/mol. The summed E-state index contributed by atoms with van der Waals surface area (Å²) in [4.78, 5) is 23.0. The minimum atomic E-state index is -1.07. The quantitative estimate of drug-likeness (QED) is 0.332. The van der Waals surface area contributed by atoms with Crippen LogP contribution in [0.4, 0.5) is 0 Å². The number of carboxylic acid groups (broad SMARTS) is 1. The summed E-state index contributed by atoms with van der Waals surface area (Å²) in [5.74, 6) is -2.46. The van der Waals surface area contributed by atoms with Crippen molar-refractivity contribution in [3.8, 4) is 0 Å². The minimum absolute atomic E-state index is 0.188. The summed E-state index contributed by atoms with van der Waals surface area (Å²) in [6.45, 7) is 8.10. The summed E-state index contributed by atoms with van der Waals surface area (Å²) in [6.07, 6.45) is 8.09. The summed E-state index contributed by atoms with van der Waals surface area (Å²) in [5.41, 5.74) is 0. The van der Waals surface area contributed by atoms with E-state index < -0.39 is 17.9 Å². The van der Waals surface area contributed by atoms with Gasteiger partial charge in [-0.2, -0.15) is 0 Å². The zero-order valence-corrected chi connectivity index (χ0v) is 14.1. The average molecular weight is 300 g/mol. The van der Waals surface area contributed by atoms with Crippen LogP contribution in [0.25, 0.3) is 0 Å². The van der Waals surface area contributed by atoms with E-state index in [0.29, 0.717) is 5.92 Å². The molecule has 4 nitrogen and oxygen atoms in total. The first-order chi connectivity index (χ1) is 9.93. The maximum atomic E-state index is 11.7. The van der Waals surface area contributed by atoms with Crippen LogP contribution in [-0.4, -0.2) is 23.7 Å². The number of unbranched alkanes of at least 4 members (excludes halogenated alkanes) is 4. The highest BCUT2D eigenvalue weighted by Crippen LogP contribution is 2.25. The number of carbonyl (C=O) groups is 2. The van der Waals surface area contributed by atoms with E-state index in [-0.39, 0.29) is 12.5 Å². The Balaban J connectivity index is 4.19. The number of hydrogen-bond acceptors (Lipinski definition) is 3. The molecule has 0 aliphatic carbocycles. The Labute approximate surface area is 129 Å². The minimum Gasteiger partial charge on any atom is -0.481 e. The largest absolute Gasteiger partial charge is 0.481 e. The summed E-state index contributed by atoms with van der Waals surface area (Å²) in [6, 6.07) is 0. The van der Waals surface area contributed by atoms with Gasteiger partial charge in [0.2, 0.25) is 0 Å². The summed E-state index contributed by atoms with van der Waals surface area (Å²) in [7, 11) is 0. The Morgan fingerprint density at radius 2 is 1.67 bits per heavy atom. The first-order valence-electron chi connectivity index (χ1n) is 8.33. The molecule has 0 amide bonds. The molecule has 0 saturated heterocycles. The lowest BCUT2D eigenvalue weighted by Gasteiger charge is -2.22. The number of hydrogen-bond donors (Lipinski definition) is 1. The highest BCUT2D eigenvalue weighted by atomic mass is 16.5. The number of esters is 1. The van der Waals surface area contributed by atoms with Crippen molar-refractivity contribution in [3.63, 3.8) is 0 Å². The maximum absolute atomic E-state index is 11.7. The molecule has 0 bridgehead atoms. The predicted molar refractivity (Wildman–Crippen MR) is 84.1 cm³/mol. The normalized spacial score (nSPS) is 15.2. The third-order valence-corrected chi connectivity index (χ3v) is 3.95. The molecule has 0 aromatic carbocycles. The van der Waals surface area contributed by atoms with Crippen molar-refractivity contribution >= 4 is 11.9 Å². The zero-order chi connectivity index (χ0) is 16.3. The molecule has 124 valence electrons. The van der Waals surface area contributed by atoms with Gasteiger partial charge in [-0.3, -0.25) is 9.59 Å². The van der Waals surface area contributed by atoms with Gasteiger partial charge in [-0.25, -0.2) is 0 Å². The van der Waals surface area contributed by atoms with Crippen molar-refractivity contribution in [2.45, 2.75) is 72.6 Å². The molecule has 0 aliphatic rings. The van der Waals surface area contributed by atoms with Crippen molar-refractivity contribution in [1.29, 1.82) is 0 Å². The number of rotatable bonds is 12. The molecule has 3 unspecified atom stereocenters. The van der Waals surface area contributed by atoms with E-state index in [1.54, 1.807) is 6.92 Å². The van der Waals surface area contributed by atoms with Crippen molar-refractivity contribution in [2.75, 3.05) is 6.61 Å². The van der Waals surface area contributed by atoms with Crippen LogP contribution in [0.15, 0.2) is 0 Å². The molecule has 4 heteroatoms. The molecule has 0 heterocycles. The topological polar surface area (TPSA) is 63.6 Å². The number of carboxylic acids is 1. The van der Waals surface area contributed by atoms with Crippen LogP contribution in [0.3, 0.4) is 0 Å². The van der Waals surface area contributed by atoms with Gasteiger partial charge in [0, 0.05) is 0 Å². The Morgan fingerprint density at radius 3 is 2.19 bits per heavy atom. The second-order valence-electron chi connectivity index (χ2n) is 6.09. The monoisotopic (exact) mass is 300 g/mol. The smallest absolute Gasteiger partial charge is 0.320 e. The molecule has 0 saturated carbocycles. The SMILES string of the molecule is CCCCCCCC(C)CC(C)C(C(=O)O)C(=O)OCC. The summed E-state index contributed by atoms with van der Waals surface area (Å²) < 4.78 is 4.87. The van der Waals surface area contributed by atoms with E-state index in [0.717, 1.165) is 12.8 Å². The standard InChI is InChI=1S/C17H32O4/c1-5-7-8-9-10-11-13(3)12-14(4)15(16(18)19)17(20)21-6-2/h13-15H,5-12H2,1-4H3,(H,18,19). The molecular formula is C17H32O4. The van der Waals surface area contributed by atoms with Crippen molar-refractivity contribution < 1.29 is 19.4 Å². The molecule has 0 aromatic heterocycles. The van der Waals surface area contributed by atoms with Gasteiger partial charge >= 0.3 is 11.9 Å². The lowest BCUT2D eigenvalue weighted by molar-refractivity contribution is -0.161. The van der Waals surface area contributed by atoms with Crippen LogP contribution in [0.5, 0.6) is 0 Å². The van der Waals surface area contributed by atoms with Crippen LogP contribution in [-0.2, 0) is 14.3 Å². The second kappa shape index (κ2) is 11.6. The Bertz CT molecular complexity index is 301. The molecule has 0 rings (SSSR count). The van der Waals surface area contributed by atoms with Gasteiger partial charge < -0.3 is 9.84 Å². The molecule has 0 fully saturated rings. The van der Waals surface area contributed by atoms with E-state index >= 15 is 0 Å². The van der Waals surface area contributed by atoms with Gasteiger partial charge in [0.05, 0.1) is 6.61 Å². The van der Waals surface area contributed by atoms with Crippen LogP contribution >= 0.6 is 0 Å². The molecule has 0 radical (unpaired) electrons. The van der Waals surface area contributed by atoms with E-state index in [1.807, 2.05) is 6.92 Å². The fourth-order valence-corrected chi connectivity index (χ4v) is 2.79. The van der Waals surface area contributed by atoms with Gasteiger partial charge in [-0.15, -0.1) is 0 Å². The Kier molecular flexibility index (Phi) is 11.0. The van der Waals surface area contributed by atoms with Crippen LogP contribution in [0, 0.1) is 17.8 Å². The van der Waals surface area contributed by atoms with Gasteiger partial charge in [0.1, 0.15) is 0 Å². The fourth-order valence-electron chi connectivity index (χ4n) is 2.79. The average Bonchev–Trinajstić information content (AvgIpc) is 2.38. The van der Waals surface area contributed by atoms with E-state index in [1.165, 1.54) is 32.1 Å². The number of aliphatic carboxylic acids is 1. The first-order valence-corrected chi connectivity index (χ1v) is 8.33. The molecule has 0 aromatic rings. The lowest BCUT2D eigenvalue weighted by Crippen LogP contribution is -2.32. The first kappa shape index (κ1) is 19.9. The zero-order valence-electron chi connectivity index (χ0n) is 14.1. The molecule has 0 aliphatic heterocycles. The predicted octanol–water partition coefficient (Wildman–Crippen LogP) is 4.27. The van der Waals surface area contributed by atoms with Crippen LogP contribution in [0.1, 0.15) is 72.6 Å². The van der Waals surface area contributed by atoms with Crippen molar-refractivity contribution in [3.05, 3.63) is 0 Å². The maximum Gasteiger partial charge on any atom is 0.320 e. The summed E-state index contributed by atoms with van der Waals surface area (Å²) >= 11 is 0. The van der Waals surface area contributed by atoms with E-state index in [4.69, 9.17) is 4.74 Å². The van der Waals surface area contributed by atoms with Crippen molar-refractivity contribution in [1.82, 2.24) is 0 Å². The highest BCUT2D eigenvalue weighted by molar-refractivity contribution is 5.94. The van der Waals surface area contributed by atoms with Crippen molar-refractivity contribution in [2.24, 2.45) is 17.8 Å². The van der Waals surface area contributed by atoms with Gasteiger partial charge in [-0.1, -0.05) is 59.3 Å². The van der Waals surface area contributed by atoms with Gasteiger partial charge in [0.25, 0.3) is 0 Å². The number of ether oxygens (including phenoxy) is 1. The third kappa shape index (κ3) is 8.74. The summed E-state index contributed by atoms with van der Waals surface area (Å²) in [5, 5.41) is 9.23. The molecule has 1 N–H and O–H groups in total. The van der Waals surface area contributed by atoms with Gasteiger partial charge in [-0.05, 0) is 25.2 Å². The Hall–Kier alpha value is -1.06. The van der Waals surface area contributed by atoms with E-state index in [2.05, 4.69) is 13.8 Å². The Morgan fingerprint density at radius 1 is 1.05 bits per heavy atom. The van der Waals surface area contributed by atoms with Crippen LogP contribution in [0.2, 0.25) is 0 Å². The molecule has 3 atom stereocenters. The highest BCUT2D eigenvalue weighted by Gasteiger charge is 2.33. The molecule has 21 heavy (non-hydrogen) atoms. The number of carbonyl (C=O) groups excluding carboxylic acids is 1. The third-order valence-electron chi connectivity index (χ3n) is 3.95. The fraction of sp³-hybridized carbons (Fsp3) is 0.882. The van der Waals surface area contributed by atoms with E-state index in [9.17, 15) is 14.7 Å². The molecule has 0 spiro atoms.